The summed E-state index contributed by atoms with van der Waals surface area (Å²) in [7, 11) is 1.93. The van der Waals surface area contributed by atoms with Crippen molar-refractivity contribution in [3.05, 3.63) is 53.1 Å². The summed E-state index contributed by atoms with van der Waals surface area (Å²) in [6, 6.07) is 11.4. The van der Waals surface area contributed by atoms with Crippen LogP contribution in [0.15, 0.2) is 36.4 Å². The molecule has 128 valence electrons. The number of Topliss-reactive ketones (excluding diaryl/α,β-unsaturated/α-hetero) is 1. The number of rotatable bonds is 6. The lowest BCUT2D eigenvalue weighted by Gasteiger charge is -2.31. The summed E-state index contributed by atoms with van der Waals surface area (Å²) in [5, 5.41) is 11.4. The van der Waals surface area contributed by atoms with E-state index in [4.69, 9.17) is 4.74 Å². The maximum absolute atomic E-state index is 12.0. The first-order valence-corrected chi connectivity index (χ1v) is 9.09. The third-order valence-corrected chi connectivity index (χ3v) is 6.66. The molecule has 0 heterocycles. The Hall–Kier alpha value is -1.86. The van der Waals surface area contributed by atoms with Crippen LogP contribution in [0.4, 0.5) is 0 Å². The van der Waals surface area contributed by atoms with Gasteiger partial charge in [0.2, 0.25) is 0 Å². The maximum Gasteiger partial charge on any atom is 0.161 e. The van der Waals surface area contributed by atoms with Gasteiger partial charge in [0.1, 0.15) is 0 Å². The molecule has 0 bridgehead atoms. The van der Waals surface area contributed by atoms with Crippen molar-refractivity contribution in [2.75, 3.05) is 7.11 Å². The smallest absolute Gasteiger partial charge is 0.161 e. The van der Waals surface area contributed by atoms with E-state index < -0.39 is 0 Å². The van der Waals surface area contributed by atoms with Crippen LogP contribution in [-0.4, -0.2) is 18.0 Å². The Bertz CT molecular complexity index is 755. The number of phenolic OH excluding ortho intramolecular Hbond substituents is 1. The molecule has 0 saturated carbocycles. The summed E-state index contributed by atoms with van der Waals surface area (Å²) in [4.78, 5) is 12.0. The molecule has 2 aromatic carbocycles. The van der Waals surface area contributed by atoms with Crippen LogP contribution < -0.4 is 10.0 Å². The van der Waals surface area contributed by atoms with E-state index >= 15 is 0 Å². The summed E-state index contributed by atoms with van der Waals surface area (Å²) in [5.41, 5.74) is 2.75. The van der Waals surface area contributed by atoms with Gasteiger partial charge in [0.05, 0.1) is 7.11 Å². The molecular weight excluding hydrogens is 319 g/mol. The first kappa shape index (κ1) is 18.5. The number of aromatic hydroxyl groups is 1. The Labute approximate surface area is 145 Å². The van der Waals surface area contributed by atoms with E-state index in [1.165, 1.54) is 0 Å². The van der Waals surface area contributed by atoms with E-state index in [0.29, 0.717) is 14.3 Å². The van der Waals surface area contributed by atoms with Crippen LogP contribution in [0.1, 0.15) is 48.7 Å². The molecule has 2 atom stereocenters. The second-order valence-corrected chi connectivity index (χ2v) is 8.07. The van der Waals surface area contributed by atoms with Crippen molar-refractivity contribution < 1.29 is 14.6 Å². The topological polar surface area (TPSA) is 46.5 Å². The average molecular weight is 344 g/mol. The molecule has 0 amide bonds. The van der Waals surface area contributed by atoms with E-state index in [1.54, 1.807) is 20.1 Å². The third kappa shape index (κ3) is 3.47. The normalized spacial score (nSPS) is 13.9. The fourth-order valence-electron chi connectivity index (χ4n) is 2.88. The average Bonchev–Trinajstić information content (AvgIpc) is 2.56. The van der Waals surface area contributed by atoms with E-state index in [9.17, 15) is 9.90 Å². The third-order valence-electron chi connectivity index (χ3n) is 4.57. The molecule has 0 saturated heterocycles. The van der Waals surface area contributed by atoms with Gasteiger partial charge in [-0.25, -0.2) is 0 Å². The molecule has 0 spiro atoms. The SMILES string of the molecule is CCC(C)(Pc1c(C)cccc1C(C)=O)c1cccc(OC)c1O. The summed E-state index contributed by atoms with van der Waals surface area (Å²) < 4.78 is 5.26. The number of carbonyl (C=O) groups is 1. The van der Waals surface area contributed by atoms with Crippen LogP contribution in [0.2, 0.25) is 0 Å². The van der Waals surface area contributed by atoms with Gasteiger partial charge in [0.25, 0.3) is 0 Å². The molecule has 0 aliphatic heterocycles. The van der Waals surface area contributed by atoms with E-state index in [1.807, 2.05) is 37.3 Å². The zero-order valence-corrected chi connectivity index (χ0v) is 15.9. The van der Waals surface area contributed by atoms with Crippen LogP contribution in [0.25, 0.3) is 0 Å². The van der Waals surface area contributed by atoms with Crippen molar-refractivity contribution >= 4 is 19.7 Å². The second kappa shape index (κ2) is 7.36. The highest BCUT2D eigenvalue weighted by Gasteiger charge is 2.31. The maximum atomic E-state index is 12.0. The molecular formula is C20H25O3P. The van der Waals surface area contributed by atoms with Crippen LogP contribution >= 0.6 is 8.58 Å². The zero-order chi connectivity index (χ0) is 17.9. The lowest BCUT2D eigenvalue weighted by Crippen LogP contribution is -2.22. The monoisotopic (exact) mass is 344 g/mol. The van der Waals surface area contributed by atoms with Gasteiger partial charge in [0.15, 0.2) is 17.3 Å². The fourth-order valence-corrected chi connectivity index (χ4v) is 4.62. The highest BCUT2D eigenvalue weighted by molar-refractivity contribution is 7.49. The number of benzene rings is 2. The Morgan fingerprint density at radius 1 is 1.25 bits per heavy atom. The number of phenols is 1. The Balaban J connectivity index is 2.56. The first-order valence-electron chi connectivity index (χ1n) is 8.09. The van der Waals surface area contributed by atoms with Gasteiger partial charge in [-0.05, 0) is 37.2 Å². The number of carbonyl (C=O) groups excluding carboxylic acids is 1. The Morgan fingerprint density at radius 2 is 1.92 bits per heavy atom. The lowest BCUT2D eigenvalue weighted by molar-refractivity contribution is 0.101. The van der Waals surface area contributed by atoms with E-state index in [2.05, 4.69) is 13.8 Å². The molecule has 0 radical (unpaired) electrons. The van der Waals surface area contributed by atoms with Crippen LogP contribution in [-0.2, 0) is 5.16 Å². The number of para-hydroxylation sites is 1. The van der Waals surface area contributed by atoms with Gasteiger partial charge < -0.3 is 9.84 Å². The Morgan fingerprint density at radius 3 is 2.50 bits per heavy atom. The molecule has 2 rings (SSSR count). The van der Waals surface area contributed by atoms with Crippen molar-refractivity contribution in [3.63, 3.8) is 0 Å². The Kier molecular flexibility index (Phi) is 5.66. The van der Waals surface area contributed by atoms with Gasteiger partial charge in [-0.3, -0.25) is 4.79 Å². The zero-order valence-electron chi connectivity index (χ0n) is 14.9. The minimum absolute atomic E-state index is 0.0783. The molecule has 2 aromatic rings. The molecule has 0 aliphatic carbocycles. The summed E-state index contributed by atoms with van der Waals surface area (Å²) >= 11 is 0. The highest BCUT2D eigenvalue weighted by atomic mass is 31.1. The van der Waals surface area contributed by atoms with Crippen LogP contribution in [0, 0.1) is 6.92 Å². The molecule has 0 aromatic heterocycles. The van der Waals surface area contributed by atoms with E-state index in [-0.39, 0.29) is 16.7 Å². The highest BCUT2D eigenvalue weighted by Crippen LogP contribution is 2.49. The van der Waals surface area contributed by atoms with Gasteiger partial charge >= 0.3 is 0 Å². The summed E-state index contributed by atoms with van der Waals surface area (Å²) in [6.45, 7) is 7.89. The number of aryl methyl sites for hydroxylation is 1. The molecule has 4 heteroatoms. The standard InChI is InChI=1S/C20H25O3P/c1-6-20(4,16-11-8-12-17(23-5)18(16)22)24-19-13(2)9-7-10-15(19)14(3)21/h7-12,22,24H,6H2,1-5H3. The van der Waals surface area contributed by atoms with Crippen molar-refractivity contribution in [3.8, 4) is 11.5 Å². The number of hydrogen-bond acceptors (Lipinski definition) is 3. The number of ether oxygens (including phenoxy) is 1. The van der Waals surface area contributed by atoms with Crippen molar-refractivity contribution in [1.82, 2.24) is 0 Å². The molecule has 2 unspecified atom stereocenters. The van der Waals surface area contributed by atoms with Crippen LogP contribution in [0.3, 0.4) is 0 Å². The molecule has 0 aliphatic rings. The molecule has 0 fully saturated rings. The number of ketones is 1. The fraction of sp³-hybridized carbons (Fsp3) is 0.350. The summed E-state index contributed by atoms with van der Waals surface area (Å²) in [5.74, 6) is 0.748. The second-order valence-electron chi connectivity index (χ2n) is 6.22. The predicted octanol–water partition coefficient (Wildman–Crippen LogP) is 4.54. The van der Waals surface area contributed by atoms with Gasteiger partial charge in [-0.2, -0.15) is 0 Å². The quantitative estimate of drug-likeness (QED) is 0.618. The minimum atomic E-state index is -0.269. The largest absolute Gasteiger partial charge is 0.504 e. The molecule has 1 N–H and O–H groups in total. The lowest BCUT2D eigenvalue weighted by atomic mass is 9.96. The number of hydrogen-bond donors (Lipinski definition) is 1. The van der Waals surface area contributed by atoms with Crippen LogP contribution in [0.5, 0.6) is 11.5 Å². The van der Waals surface area contributed by atoms with Gasteiger partial charge in [0, 0.05) is 16.3 Å². The van der Waals surface area contributed by atoms with Crippen molar-refractivity contribution in [2.24, 2.45) is 0 Å². The minimum Gasteiger partial charge on any atom is -0.504 e. The summed E-state index contributed by atoms with van der Waals surface area (Å²) in [6.07, 6.45) is 0.845. The van der Waals surface area contributed by atoms with Gasteiger partial charge in [-0.1, -0.05) is 52.8 Å². The predicted molar refractivity (Wildman–Crippen MR) is 101 cm³/mol. The number of methoxy groups -OCH3 is 1. The van der Waals surface area contributed by atoms with Crippen molar-refractivity contribution in [2.45, 2.75) is 39.3 Å². The van der Waals surface area contributed by atoms with E-state index in [0.717, 1.165) is 28.4 Å². The molecule has 24 heavy (non-hydrogen) atoms. The van der Waals surface area contributed by atoms with Crippen molar-refractivity contribution in [1.29, 1.82) is 0 Å². The molecule has 3 nitrogen and oxygen atoms in total. The first-order chi connectivity index (χ1) is 11.3. The van der Waals surface area contributed by atoms with Gasteiger partial charge in [-0.15, -0.1) is 0 Å².